The molecule has 0 aliphatic carbocycles. The molecule has 0 aliphatic heterocycles. The smallest absolute Gasteiger partial charge is 0.306 e. The van der Waals surface area contributed by atoms with E-state index in [0.29, 0.717) is 19.6 Å². The van der Waals surface area contributed by atoms with E-state index in [1.165, 1.54) is 263 Å². The average molecular weight is 860 g/mol. The largest absolute Gasteiger partial charge is 0.457 e. The summed E-state index contributed by atoms with van der Waals surface area (Å²) in [6.45, 7) is 5.40. The van der Waals surface area contributed by atoms with E-state index in [1.54, 1.807) is 0 Å². The molecule has 0 aromatic rings. The fraction of sp³-hybridized carbons (Fsp3) is 0.912. The second-order valence-corrected chi connectivity index (χ2v) is 19.0. The predicted molar refractivity (Wildman–Crippen MR) is 270 cm³/mol. The van der Waals surface area contributed by atoms with Gasteiger partial charge in [-0.15, -0.1) is 0 Å². The first kappa shape index (κ1) is 59.9. The highest BCUT2D eigenvalue weighted by atomic mass is 16.6. The lowest BCUT2D eigenvalue weighted by Crippen LogP contribution is -2.27. The van der Waals surface area contributed by atoms with Gasteiger partial charge >= 0.3 is 5.97 Å². The molecule has 61 heavy (non-hydrogen) atoms. The zero-order chi connectivity index (χ0) is 44.0. The van der Waals surface area contributed by atoms with Gasteiger partial charge in [-0.3, -0.25) is 4.79 Å². The first-order valence-electron chi connectivity index (χ1n) is 27.9. The van der Waals surface area contributed by atoms with Crippen LogP contribution in [0.15, 0.2) is 24.3 Å². The van der Waals surface area contributed by atoms with Crippen LogP contribution < -0.4 is 0 Å². The Morgan fingerprint density at radius 2 is 0.689 bits per heavy atom. The van der Waals surface area contributed by atoms with Crippen molar-refractivity contribution in [1.29, 1.82) is 0 Å². The number of carbonyl (C=O) groups is 1. The molecule has 4 heteroatoms. The number of esters is 1. The molecule has 0 aliphatic rings. The molecule has 4 nitrogen and oxygen atoms in total. The molecule has 0 spiro atoms. The summed E-state index contributed by atoms with van der Waals surface area (Å²) in [5, 5.41) is 9.67. The van der Waals surface area contributed by atoms with Crippen molar-refractivity contribution in [3.8, 4) is 0 Å². The van der Waals surface area contributed by atoms with E-state index in [2.05, 4.69) is 38.2 Å². The lowest BCUT2D eigenvalue weighted by atomic mass is 10.0. The molecule has 1 N–H and O–H groups in total. The maximum atomic E-state index is 12.3. The summed E-state index contributed by atoms with van der Waals surface area (Å²) in [5.41, 5.74) is 0. The number of hydrogen-bond acceptors (Lipinski definition) is 4. The molecule has 1 unspecified atom stereocenters. The fourth-order valence-corrected chi connectivity index (χ4v) is 8.60. The van der Waals surface area contributed by atoms with Crippen molar-refractivity contribution in [3.63, 3.8) is 0 Å². The fourth-order valence-electron chi connectivity index (χ4n) is 8.60. The van der Waals surface area contributed by atoms with Crippen molar-refractivity contribution in [2.45, 2.75) is 315 Å². The Hall–Kier alpha value is -1.13. The van der Waals surface area contributed by atoms with Gasteiger partial charge in [-0.25, -0.2) is 0 Å². The van der Waals surface area contributed by atoms with Crippen LogP contribution in [-0.2, 0) is 14.3 Å². The molecule has 0 saturated heterocycles. The second kappa shape index (κ2) is 55.0. The van der Waals surface area contributed by atoms with E-state index in [0.717, 1.165) is 25.7 Å². The van der Waals surface area contributed by atoms with Crippen LogP contribution >= 0.6 is 0 Å². The van der Waals surface area contributed by atoms with Crippen molar-refractivity contribution in [1.82, 2.24) is 0 Å². The number of ether oxygens (including phenoxy) is 2. The van der Waals surface area contributed by atoms with Crippen LogP contribution in [0.4, 0.5) is 0 Å². The third-order valence-electron chi connectivity index (χ3n) is 12.8. The van der Waals surface area contributed by atoms with E-state index < -0.39 is 6.10 Å². The van der Waals surface area contributed by atoms with Crippen molar-refractivity contribution < 1.29 is 19.4 Å². The maximum absolute atomic E-state index is 12.3. The van der Waals surface area contributed by atoms with Crippen LogP contribution in [-0.4, -0.2) is 37.0 Å². The van der Waals surface area contributed by atoms with E-state index in [1.807, 2.05) is 0 Å². The zero-order valence-electron chi connectivity index (χ0n) is 41.7. The Balaban J connectivity index is 3.35. The van der Waals surface area contributed by atoms with Crippen LogP contribution in [0.1, 0.15) is 309 Å². The van der Waals surface area contributed by atoms with Gasteiger partial charge in [-0.05, 0) is 44.9 Å². The predicted octanol–water partition coefficient (Wildman–Crippen LogP) is 19.0. The molecule has 0 aromatic carbocycles. The Morgan fingerprint density at radius 3 is 1.02 bits per heavy atom. The Kier molecular flexibility index (Phi) is 54.0. The summed E-state index contributed by atoms with van der Waals surface area (Å²) in [5.74, 6) is -0.194. The van der Waals surface area contributed by atoms with Gasteiger partial charge in [0.05, 0.1) is 13.2 Å². The summed E-state index contributed by atoms with van der Waals surface area (Å²) in [7, 11) is 0. The van der Waals surface area contributed by atoms with E-state index >= 15 is 0 Å². The topological polar surface area (TPSA) is 55.8 Å². The first-order chi connectivity index (χ1) is 30.2. The second-order valence-electron chi connectivity index (χ2n) is 19.0. The van der Waals surface area contributed by atoms with Gasteiger partial charge in [-0.2, -0.15) is 0 Å². The molecule has 0 radical (unpaired) electrons. The number of rotatable bonds is 53. The maximum Gasteiger partial charge on any atom is 0.306 e. The lowest BCUT2D eigenvalue weighted by molar-refractivity contribution is -0.154. The summed E-state index contributed by atoms with van der Waals surface area (Å²) < 4.78 is 11.2. The quantitative estimate of drug-likeness (QED) is 0.0376. The highest BCUT2D eigenvalue weighted by molar-refractivity contribution is 5.69. The van der Waals surface area contributed by atoms with Crippen LogP contribution in [0.5, 0.6) is 0 Å². The third kappa shape index (κ3) is 53.1. The van der Waals surface area contributed by atoms with Crippen LogP contribution in [0, 0.1) is 0 Å². The van der Waals surface area contributed by atoms with Gasteiger partial charge in [0.2, 0.25) is 0 Å². The van der Waals surface area contributed by atoms with Crippen LogP contribution in [0.2, 0.25) is 0 Å². The Morgan fingerprint density at radius 1 is 0.393 bits per heavy atom. The SMILES string of the molecule is CCCCCCC/C=C\C/C=C\CCCCCCCCCCCCCCCC(=O)OC(CO)COCCCCCCCCCCCCCCCCCCCCCCCCCC. The summed E-state index contributed by atoms with van der Waals surface area (Å²) in [6.07, 6.45) is 70.1. The minimum Gasteiger partial charge on any atom is -0.457 e. The number of allylic oxidation sites excluding steroid dienone is 4. The molecular formula is C57H110O4. The van der Waals surface area contributed by atoms with Crippen LogP contribution in [0.25, 0.3) is 0 Å². The highest BCUT2D eigenvalue weighted by Crippen LogP contribution is 2.17. The van der Waals surface area contributed by atoms with E-state index in [9.17, 15) is 9.90 Å². The molecule has 0 rings (SSSR count). The third-order valence-corrected chi connectivity index (χ3v) is 12.8. The van der Waals surface area contributed by atoms with Gasteiger partial charge < -0.3 is 14.6 Å². The molecule has 0 heterocycles. The van der Waals surface area contributed by atoms with E-state index in [4.69, 9.17) is 9.47 Å². The normalized spacial score (nSPS) is 12.4. The van der Waals surface area contributed by atoms with Crippen molar-refractivity contribution in [2.24, 2.45) is 0 Å². The van der Waals surface area contributed by atoms with Gasteiger partial charge in [-0.1, -0.05) is 282 Å². The number of carbonyl (C=O) groups excluding carboxylic acids is 1. The molecule has 0 saturated carbocycles. The minimum atomic E-state index is -0.531. The summed E-state index contributed by atoms with van der Waals surface area (Å²) in [6, 6.07) is 0. The molecule has 0 fully saturated rings. The molecule has 0 bridgehead atoms. The van der Waals surface area contributed by atoms with Crippen molar-refractivity contribution >= 4 is 5.97 Å². The Labute approximate surface area is 383 Å². The number of unbranched alkanes of at least 4 members (excludes halogenated alkanes) is 41. The van der Waals surface area contributed by atoms with Gasteiger partial charge in [0.15, 0.2) is 0 Å². The van der Waals surface area contributed by atoms with Crippen molar-refractivity contribution in [2.75, 3.05) is 19.8 Å². The Bertz CT molecular complexity index is 867. The van der Waals surface area contributed by atoms with Gasteiger partial charge in [0.1, 0.15) is 6.10 Å². The monoisotopic (exact) mass is 859 g/mol. The lowest BCUT2D eigenvalue weighted by Gasteiger charge is -2.16. The number of hydrogen-bond donors (Lipinski definition) is 1. The summed E-state index contributed by atoms with van der Waals surface area (Å²) >= 11 is 0. The average Bonchev–Trinajstić information content (AvgIpc) is 3.27. The number of aliphatic hydroxyl groups is 1. The number of aliphatic hydroxyl groups excluding tert-OH is 1. The minimum absolute atomic E-state index is 0.166. The standard InChI is InChI=1S/C57H110O4/c1-3-5-7-9-11-13-15-17-19-21-23-25-27-29-30-32-34-36-38-40-42-44-46-48-50-52-57(59)61-56(54-58)55-60-53-51-49-47-45-43-41-39-37-35-33-31-28-26-24-22-20-18-16-14-12-10-8-6-4-2/h15,17,21,23,56,58H,3-14,16,18-20,22,24-55H2,1-2H3/b17-15-,23-21-. The molecule has 0 aromatic heterocycles. The van der Waals surface area contributed by atoms with Gasteiger partial charge in [0, 0.05) is 13.0 Å². The van der Waals surface area contributed by atoms with Crippen LogP contribution in [0.3, 0.4) is 0 Å². The first-order valence-corrected chi connectivity index (χ1v) is 27.9. The van der Waals surface area contributed by atoms with Gasteiger partial charge in [0.25, 0.3) is 0 Å². The zero-order valence-corrected chi connectivity index (χ0v) is 41.7. The molecular weight excluding hydrogens is 749 g/mol. The highest BCUT2D eigenvalue weighted by Gasteiger charge is 2.13. The molecule has 0 amide bonds. The molecule has 362 valence electrons. The van der Waals surface area contributed by atoms with E-state index in [-0.39, 0.29) is 12.6 Å². The van der Waals surface area contributed by atoms with Crippen molar-refractivity contribution in [3.05, 3.63) is 24.3 Å². The summed E-state index contributed by atoms with van der Waals surface area (Å²) in [4.78, 5) is 12.3. The molecule has 1 atom stereocenters.